The first-order chi connectivity index (χ1) is 12.0. The molecule has 3 rings (SSSR count). The molecule has 1 saturated carbocycles. The summed E-state index contributed by atoms with van der Waals surface area (Å²) in [6.07, 6.45) is 1.68. The van der Waals surface area contributed by atoms with E-state index in [9.17, 15) is 9.59 Å². The van der Waals surface area contributed by atoms with Crippen LogP contribution in [0.3, 0.4) is 0 Å². The van der Waals surface area contributed by atoms with Crippen LogP contribution in [-0.4, -0.2) is 18.5 Å². The molecule has 0 aliphatic heterocycles. The fourth-order valence-electron chi connectivity index (χ4n) is 2.82. The average molecular weight is 402 g/mol. The standard InChI is InChI=1S/C19H20BrN3O2/c1-2-21-18(25)23-16-8-4-7-15(12-16)22-17(24)19(9-10-19)13-5-3-6-14(20)11-13/h3-8,11-12H,2,9-10H2,1H3,(H,22,24)(H2,21,23,25). The maximum atomic E-state index is 12.8. The van der Waals surface area contributed by atoms with E-state index in [1.807, 2.05) is 37.3 Å². The monoisotopic (exact) mass is 401 g/mol. The number of nitrogens with one attached hydrogen (secondary N) is 3. The molecule has 130 valence electrons. The molecule has 0 atom stereocenters. The van der Waals surface area contributed by atoms with Gasteiger partial charge in [-0.3, -0.25) is 4.79 Å². The first-order valence-corrected chi connectivity index (χ1v) is 9.05. The molecule has 0 bridgehead atoms. The van der Waals surface area contributed by atoms with Crippen molar-refractivity contribution >= 4 is 39.2 Å². The van der Waals surface area contributed by atoms with Gasteiger partial charge in [-0.2, -0.15) is 0 Å². The Kier molecular flexibility index (Phi) is 5.08. The van der Waals surface area contributed by atoms with Crippen molar-refractivity contribution < 1.29 is 9.59 Å². The van der Waals surface area contributed by atoms with Gasteiger partial charge >= 0.3 is 6.03 Å². The number of hydrogen-bond donors (Lipinski definition) is 3. The summed E-state index contributed by atoms with van der Waals surface area (Å²) >= 11 is 3.47. The molecule has 0 aromatic heterocycles. The van der Waals surface area contributed by atoms with Crippen LogP contribution in [0.15, 0.2) is 53.0 Å². The number of rotatable bonds is 5. The smallest absolute Gasteiger partial charge is 0.319 e. The third-order valence-corrected chi connectivity index (χ3v) is 4.77. The molecule has 3 N–H and O–H groups in total. The topological polar surface area (TPSA) is 70.2 Å². The van der Waals surface area contributed by atoms with E-state index < -0.39 is 5.41 Å². The summed E-state index contributed by atoms with van der Waals surface area (Å²) in [5.41, 5.74) is 1.87. The first kappa shape index (κ1) is 17.5. The molecule has 0 spiro atoms. The van der Waals surface area contributed by atoms with Crippen LogP contribution in [0.25, 0.3) is 0 Å². The third kappa shape index (κ3) is 4.02. The Labute approximate surface area is 155 Å². The highest BCUT2D eigenvalue weighted by molar-refractivity contribution is 9.10. The zero-order chi connectivity index (χ0) is 17.9. The van der Waals surface area contributed by atoms with Crippen molar-refractivity contribution in [1.82, 2.24) is 5.32 Å². The molecule has 1 aliphatic carbocycles. The number of carbonyl (C=O) groups is 2. The Hall–Kier alpha value is -2.34. The SMILES string of the molecule is CCNC(=O)Nc1cccc(NC(=O)C2(c3cccc(Br)c3)CC2)c1. The molecule has 0 heterocycles. The summed E-state index contributed by atoms with van der Waals surface area (Å²) in [6.45, 7) is 2.41. The van der Waals surface area contributed by atoms with Crippen molar-refractivity contribution in [2.75, 3.05) is 17.2 Å². The number of carbonyl (C=O) groups excluding carboxylic acids is 2. The van der Waals surface area contributed by atoms with E-state index in [1.165, 1.54) is 0 Å². The van der Waals surface area contributed by atoms with Crippen LogP contribution in [0.5, 0.6) is 0 Å². The van der Waals surface area contributed by atoms with Crippen molar-refractivity contribution in [2.24, 2.45) is 0 Å². The van der Waals surface area contributed by atoms with Gasteiger partial charge in [0.25, 0.3) is 0 Å². The number of anilines is 2. The van der Waals surface area contributed by atoms with Gasteiger partial charge in [-0.25, -0.2) is 4.79 Å². The van der Waals surface area contributed by atoms with Gasteiger partial charge < -0.3 is 16.0 Å². The van der Waals surface area contributed by atoms with E-state index in [-0.39, 0.29) is 11.9 Å². The summed E-state index contributed by atoms with van der Waals surface area (Å²) in [4.78, 5) is 24.4. The normalized spacial score (nSPS) is 14.5. The van der Waals surface area contributed by atoms with Gasteiger partial charge in [0.15, 0.2) is 0 Å². The van der Waals surface area contributed by atoms with Gasteiger partial charge in [-0.15, -0.1) is 0 Å². The van der Waals surface area contributed by atoms with E-state index in [2.05, 4.69) is 31.9 Å². The lowest BCUT2D eigenvalue weighted by atomic mass is 9.95. The van der Waals surface area contributed by atoms with Gasteiger partial charge in [0.1, 0.15) is 0 Å². The molecule has 2 aromatic carbocycles. The average Bonchev–Trinajstić information content (AvgIpc) is 3.37. The maximum absolute atomic E-state index is 12.8. The van der Waals surface area contributed by atoms with Crippen molar-refractivity contribution in [3.63, 3.8) is 0 Å². The zero-order valence-corrected chi connectivity index (χ0v) is 15.5. The lowest BCUT2D eigenvalue weighted by Gasteiger charge is -2.16. The Morgan fingerprint density at radius 2 is 1.72 bits per heavy atom. The Morgan fingerprint density at radius 1 is 1.04 bits per heavy atom. The van der Waals surface area contributed by atoms with Crippen LogP contribution < -0.4 is 16.0 Å². The van der Waals surface area contributed by atoms with Crippen LogP contribution in [0.2, 0.25) is 0 Å². The third-order valence-electron chi connectivity index (χ3n) is 4.28. The van der Waals surface area contributed by atoms with Crippen molar-refractivity contribution in [3.8, 4) is 0 Å². The second-order valence-electron chi connectivity index (χ2n) is 6.11. The zero-order valence-electron chi connectivity index (χ0n) is 13.9. The van der Waals surface area contributed by atoms with Gasteiger partial charge in [-0.1, -0.05) is 34.1 Å². The van der Waals surface area contributed by atoms with Crippen LogP contribution in [-0.2, 0) is 10.2 Å². The Balaban J connectivity index is 1.72. The van der Waals surface area contributed by atoms with E-state index in [1.54, 1.807) is 18.2 Å². The fourth-order valence-corrected chi connectivity index (χ4v) is 3.22. The highest BCUT2D eigenvalue weighted by Crippen LogP contribution is 2.49. The summed E-state index contributed by atoms with van der Waals surface area (Å²) in [5, 5.41) is 8.40. The molecule has 1 fully saturated rings. The number of urea groups is 1. The summed E-state index contributed by atoms with van der Waals surface area (Å²) in [5.74, 6) is -0.0132. The predicted molar refractivity (Wildman–Crippen MR) is 103 cm³/mol. The van der Waals surface area contributed by atoms with Crippen molar-refractivity contribution in [1.29, 1.82) is 0 Å². The molecule has 25 heavy (non-hydrogen) atoms. The molecule has 6 heteroatoms. The van der Waals surface area contributed by atoms with Crippen LogP contribution >= 0.6 is 15.9 Å². The van der Waals surface area contributed by atoms with Crippen molar-refractivity contribution in [3.05, 3.63) is 58.6 Å². The first-order valence-electron chi connectivity index (χ1n) is 8.26. The molecular formula is C19H20BrN3O2. The molecule has 2 aromatic rings. The highest BCUT2D eigenvalue weighted by Gasteiger charge is 2.51. The number of hydrogen-bond acceptors (Lipinski definition) is 2. The molecule has 0 unspecified atom stereocenters. The molecular weight excluding hydrogens is 382 g/mol. The number of amides is 3. The number of benzene rings is 2. The fraction of sp³-hybridized carbons (Fsp3) is 0.263. The van der Waals surface area contributed by atoms with Crippen LogP contribution in [0, 0.1) is 0 Å². The molecule has 1 aliphatic rings. The summed E-state index contributed by atoms with van der Waals surface area (Å²) in [7, 11) is 0. The van der Waals surface area contributed by atoms with Crippen molar-refractivity contribution in [2.45, 2.75) is 25.2 Å². The lowest BCUT2D eigenvalue weighted by molar-refractivity contribution is -0.118. The van der Waals surface area contributed by atoms with E-state index in [4.69, 9.17) is 0 Å². The largest absolute Gasteiger partial charge is 0.338 e. The van der Waals surface area contributed by atoms with Gasteiger partial charge in [0.05, 0.1) is 5.41 Å². The minimum atomic E-state index is -0.452. The second-order valence-corrected chi connectivity index (χ2v) is 7.03. The number of halogens is 1. The summed E-state index contributed by atoms with van der Waals surface area (Å²) < 4.78 is 0.970. The Bertz CT molecular complexity index is 803. The molecule has 0 saturated heterocycles. The second kappa shape index (κ2) is 7.27. The quantitative estimate of drug-likeness (QED) is 0.700. The highest BCUT2D eigenvalue weighted by atomic mass is 79.9. The molecule has 0 radical (unpaired) electrons. The lowest BCUT2D eigenvalue weighted by Crippen LogP contribution is -2.29. The van der Waals surface area contributed by atoms with Gasteiger partial charge in [0, 0.05) is 22.4 Å². The summed E-state index contributed by atoms with van der Waals surface area (Å²) in [6, 6.07) is 14.8. The van der Waals surface area contributed by atoms with Gasteiger partial charge in [-0.05, 0) is 55.7 Å². The van der Waals surface area contributed by atoms with Gasteiger partial charge in [0.2, 0.25) is 5.91 Å². The molecule has 3 amide bonds. The minimum absolute atomic E-state index is 0.0132. The van der Waals surface area contributed by atoms with E-state index >= 15 is 0 Å². The predicted octanol–water partition coefficient (Wildman–Crippen LogP) is 4.26. The Morgan fingerprint density at radius 3 is 2.36 bits per heavy atom. The minimum Gasteiger partial charge on any atom is -0.338 e. The van der Waals surface area contributed by atoms with Crippen LogP contribution in [0.1, 0.15) is 25.3 Å². The van der Waals surface area contributed by atoms with E-state index in [0.29, 0.717) is 17.9 Å². The molecule has 5 nitrogen and oxygen atoms in total. The van der Waals surface area contributed by atoms with Crippen LogP contribution in [0.4, 0.5) is 16.2 Å². The maximum Gasteiger partial charge on any atom is 0.319 e. The van der Waals surface area contributed by atoms with E-state index in [0.717, 1.165) is 22.9 Å².